The molecule has 0 unspecified atom stereocenters. The summed E-state index contributed by atoms with van der Waals surface area (Å²) in [6.45, 7) is 0.733. The molecule has 1 saturated carbocycles. The molecule has 2 aliphatic rings. The number of hydrogen-bond donors (Lipinski definition) is 0. The molecular formula is C13H20O3. The Balaban J connectivity index is 2.13. The van der Waals surface area contributed by atoms with Crippen molar-refractivity contribution >= 4 is 5.78 Å². The van der Waals surface area contributed by atoms with Gasteiger partial charge in [-0.1, -0.05) is 19.3 Å². The van der Waals surface area contributed by atoms with Crippen LogP contribution in [-0.2, 0) is 14.3 Å². The maximum Gasteiger partial charge on any atom is 0.193 e. The summed E-state index contributed by atoms with van der Waals surface area (Å²) in [7, 11) is 1.66. The Morgan fingerprint density at radius 3 is 2.62 bits per heavy atom. The van der Waals surface area contributed by atoms with E-state index in [4.69, 9.17) is 9.47 Å². The zero-order valence-electron chi connectivity index (χ0n) is 9.96. The molecule has 1 heterocycles. The van der Waals surface area contributed by atoms with Gasteiger partial charge >= 0.3 is 0 Å². The van der Waals surface area contributed by atoms with E-state index in [0.717, 1.165) is 50.7 Å². The molecule has 2 rings (SSSR count). The highest BCUT2D eigenvalue weighted by Crippen LogP contribution is 2.35. The van der Waals surface area contributed by atoms with Gasteiger partial charge in [0.05, 0.1) is 12.9 Å². The van der Waals surface area contributed by atoms with Gasteiger partial charge < -0.3 is 9.47 Å². The molecule has 90 valence electrons. The van der Waals surface area contributed by atoms with Gasteiger partial charge in [-0.3, -0.25) is 4.79 Å². The number of Topliss-reactive ketones (excluding diaryl/α,β-unsaturated/α-hetero) is 1. The highest BCUT2D eigenvalue weighted by molar-refractivity contribution is 6.01. The molecule has 0 aromatic carbocycles. The van der Waals surface area contributed by atoms with E-state index in [-0.39, 0.29) is 5.78 Å². The highest BCUT2D eigenvalue weighted by atomic mass is 16.5. The van der Waals surface area contributed by atoms with Gasteiger partial charge in [0.1, 0.15) is 5.60 Å². The summed E-state index contributed by atoms with van der Waals surface area (Å²) in [6, 6.07) is 0. The van der Waals surface area contributed by atoms with Gasteiger partial charge in [0.2, 0.25) is 0 Å². The predicted octanol–water partition coefficient (Wildman–Crippen LogP) is 2.60. The molecule has 1 fully saturated rings. The first-order chi connectivity index (χ1) is 7.78. The smallest absolute Gasteiger partial charge is 0.193 e. The topological polar surface area (TPSA) is 35.5 Å². The molecule has 3 heteroatoms. The van der Waals surface area contributed by atoms with E-state index in [1.807, 2.05) is 0 Å². The van der Waals surface area contributed by atoms with Crippen molar-refractivity contribution in [3.63, 3.8) is 0 Å². The molecule has 1 aliphatic heterocycles. The molecule has 1 aliphatic carbocycles. The molecule has 0 bridgehead atoms. The van der Waals surface area contributed by atoms with Crippen molar-refractivity contribution in [3.05, 3.63) is 11.8 Å². The van der Waals surface area contributed by atoms with Crippen LogP contribution in [0.1, 0.15) is 44.9 Å². The van der Waals surface area contributed by atoms with Gasteiger partial charge in [0.15, 0.2) is 5.78 Å². The van der Waals surface area contributed by atoms with E-state index in [1.54, 1.807) is 13.4 Å². The zero-order chi connectivity index (χ0) is 11.4. The van der Waals surface area contributed by atoms with E-state index in [0.29, 0.717) is 0 Å². The second kappa shape index (κ2) is 5.00. The van der Waals surface area contributed by atoms with Crippen LogP contribution in [0.25, 0.3) is 0 Å². The van der Waals surface area contributed by atoms with Gasteiger partial charge in [0, 0.05) is 12.7 Å². The third kappa shape index (κ3) is 2.14. The molecule has 0 amide bonds. The van der Waals surface area contributed by atoms with Crippen molar-refractivity contribution in [2.75, 3.05) is 13.7 Å². The standard InChI is InChI=1S/C13H20O3/c1-15-13(7-3-2-4-8-13)12(14)11-6-5-9-16-10-11/h10H,2-9H2,1H3. The molecular weight excluding hydrogens is 204 g/mol. The first kappa shape index (κ1) is 11.6. The van der Waals surface area contributed by atoms with Crippen LogP contribution in [0, 0.1) is 0 Å². The summed E-state index contributed by atoms with van der Waals surface area (Å²) >= 11 is 0. The van der Waals surface area contributed by atoms with Crippen molar-refractivity contribution in [3.8, 4) is 0 Å². The first-order valence-electron chi connectivity index (χ1n) is 6.19. The normalized spacial score (nSPS) is 24.4. The minimum atomic E-state index is -0.551. The molecule has 0 atom stereocenters. The average Bonchev–Trinajstić information content (AvgIpc) is 2.39. The Hall–Kier alpha value is -0.830. The van der Waals surface area contributed by atoms with Crippen LogP contribution in [0.4, 0.5) is 0 Å². The number of carbonyl (C=O) groups excluding carboxylic acids is 1. The number of hydrogen-bond acceptors (Lipinski definition) is 3. The van der Waals surface area contributed by atoms with Crippen LogP contribution in [-0.4, -0.2) is 25.1 Å². The van der Waals surface area contributed by atoms with Crippen molar-refractivity contribution in [1.29, 1.82) is 0 Å². The SMILES string of the molecule is COC1(C(=O)C2=COCCC2)CCCCC1. The number of ether oxygens (including phenoxy) is 2. The van der Waals surface area contributed by atoms with Crippen LogP contribution in [0.5, 0.6) is 0 Å². The third-order valence-corrected chi connectivity index (χ3v) is 3.69. The lowest BCUT2D eigenvalue weighted by Crippen LogP contribution is -2.43. The van der Waals surface area contributed by atoms with Crippen LogP contribution < -0.4 is 0 Å². The largest absolute Gasteiger partial charge is 0.501 e. The fourth-order valence-corrected chi connectivity index (χ4v) is 2.67. The van der Waals surface area contributed by atoms with Gasteiger partial charge in [-0.15, -0.1) is 0 Å². The third-order valence-electron chi connectivity index (χ3n) is 3.69. The van der Waals surface area contributed by atoms with Gasteiger partial charge in [-0.25, -0.2) is 0 Å². The molecule has 0 saturated heterocycles. The maximum atomic E-state index is 12.4. The van der Waals surface area contributed by atoms with Crippen LogP contribution >= 0.6 is 0 Å². The Kier molecular flexibility index (Phi) is 3.64. The van der Waals surface area contributed by atoms with Gasteiger partial charge in [-0.2, -0.15) is 0 Å². The van der Waals surface area contributed by atoms with Crippen molar-refractivity contribution in [2.24, 2.45) is 0 Å². The average molecular weight is 224 g/mol. The number of rotatable bonds is 3. The quantitative estimate of drug-likeness (QED) is 0.739. The molecule has 0 N–H and O–H groups in total. The van der Waals surface area contributed by atoms with Crippen molar-refractivity contribution in [2.45, 2.75) is 50.5 Å². The van der Waals surface area contributed by atoms with E-state index >= 15 is 0 Å². The summed E-state index contributed by atoms with van der Waals surface area (Å²) in [4.78, 5) is 12.4. The Morgan fingerprint density at radius 2 is 2.06 bits per heavy atom. The maximum absolute atomic E-state index is 12.4. The molecule has 3 nitrogen and oxygen atoms in total. The number of methoxy groups -OCH3 is 1. The summed E-state index contributed by atoms with van der Waals surface area (Å²) in [5.41, 5.74) is 0.264. The predicted molar refractivity (Wildman–Crippen MR) is 61.1 cm³/mol. The lowest BCUT2D eigenvalue weighted by molar-refractivity contribution is -0.141. The highest BCUT2D eigenvalue weighted by Gasteiger charge is 2.41. The Bertz CT molecular complexity index is 288. The van der Waals surface area contributed by atoms with E-state index in [2.05, 4.69) is 0 Å². The van der Waals surface area contributed by atoms with E-state index < -0.39 is 5.60 Å². The Labute approximate surface area is 96.8 Å². The van der Waals surface area contributed by atoms with Crippen LogP contribution in [0.3, 0.4) is 0 Å². The minimum Gasteiger partial charge on any atom is -0.501 e. The van der Waals surface area contributed by atoms with Crippen LogP contribution in [0.15, 0.2) is 11.8 Å². The summed E-state index contributed by atoms with van der Waals surface area (Å²) in [5, 5.41) is 0. The second-order valence-corrected chi connectivity index (χ2v) is 4.71. The molecule has 0 aromatic heterocycles. The zero-order valence-corrected chi connectivity index (χ0v) is 9.96. The summed E-state index contributed by atoms with van der Waals surface area (Å²) in [5.74, 6) is 0.161. The monoisotopic (exact) mass is 224 g/mol. The Morgan fingerprint density at radius 1 is 1.31 bits per heavy atom. The lowest BCUT2D eigenvalue weighted by Gasteiger charge is -2.35. The number of ketones is 1. The lowest BCUT2D eigenvalue weighted by atomic mass is 9.78. The minimum absolute atomic E-state index is 0.161. The molecule has 0 radical (unpaired) electrons. The number of carbonyl (C=O) groups is 1. The van der Waals surface area contributed by atoms with Crippen molar-refractivity contribution < 1.29 is 14.3 Å². The van der Waals surface area contributed by atoms with Gasteiger partial charge in [-0.05, 0) is 25.7 Å². The van der Waals surface area contributed by atoms with E-state index in [1.165, 1.54) is 6.42 Å². The van der Waals surface area contributed by atoms with Crippen LogP contribution in [0.2, 0.25) is 0 Å². The molecule has 0 spiro atoms. The van der Waals surface area contributed by atoms with Crippen molar-refractivity contribution in [1.82, 2.24) is 0 Å². The fourth-order valence-electron chi connectivity index (χ4n) is 2.67. The van der Waals surface area contributed by atoms with E-state index in [9.17, 15) is 4.79 Å². The second-order valence-electron chi connectivity index (χ2n) is 4.71. The summed E-state index contributed by atoms with van der Waals surface area (Å²) < 4.78 is 10.8. The fraction of sp³-hybridized carbons (Fsp3) is 0.769. The first-order valence-corrected chi connectivity index (χ1v) is 6.19. The molecule has 16 heavy (non-hydrogen) atoms. The molecule has 0 aromatic rings. The van der Waals surface area contributed by atoms with Gasteiger partial charge in [0.25, 0.3) is 0 Å². The summed E-state index contributed by atoms with van der Waals surface area (Å²) in [6.07, 6.45) is 8.54.